The summed E-state index contributed by atoms with van der Waals surface area (Å²) in [6.07, 6.45) is 2.68. The van der Waals surface area contributed by atoms with E-state index < -0.39 is 6.10 Å². The predicted octanol–water partition coefficient (Wildman–Crippen LogP) is 5.45. The van der Waals surface area contributed by atoms with Gasteiger partial charge in [0.15, 0.2) is 6.10 Å². The van der Waals surface area contributed by atoms with Gasteiger partial charge >= 0.3 is 0 Å². The molecule has 1 atom stereocenters. The van der Waals surface area contributed by atoms with Crippen LogP contribution < -0.4 is 14.9 Å². The molecule has 1 aromatic heterocycles. The van der Waals surface area contributed by atoms with Crippen molar-refractivity contribution in [2.45, 2.75) is 23.8 Å². The second kappa shape index (κ2) is 11.3. The van der Waals surface area contributed by atoms with Gasteiger partial charge < -0.3 is 9.47 Å². The maximum Gasteiger partial charge on any atom is 0.280 e. The third-order valence-electron chi connectivity index (χ3n) is 5.13. The van der Waals surface area contributed by atoms with Crippen molar-refractivity contribution < 1.29 is 14.3 Å². The van der Waals surface area contributed by atoms with E-state index in [9.17, 15) is 4.79 Å². The molecule has 1 heterocycles. The lowest BCUT2D eigenvalue weighted by Crippen LogP contribution is -2.33. The molecule has 34 heavy (non-hydrogen) atoms. The van der Waals surface area contributed by atoms with Crippen LogP contribution in [0, 0.1) is 0 Å². The number of ether oxygens (including phenoxy) is 2. The van der Waals surface area contributed by atoms with Crippen molar-refractivity contribution in [1.82, 2.24) is 10.4 Å². The fourth-order valence-corrected chi connectivity index (χ4v) is 4.22. The SMILES string of the molecule is COc1ccc(/C=N\NC(=O)[C@@H](C)Oc2cccc3ccccc23)cc1CSc1ccccn1. The van der Waals surface area contributed by atoms with Gasteiger partial charge in [0.2, 0.25) is 0 Å². The topological polar surface area (TPSA) is 72.8 Å². The molecule has 0 unspecified atom stereocenters. The highest BCUT2D eigenvalue weighted by Crippen LogP contribution is 2.28. The van der Waals surface area contributed by atoms with E-state index in [1.165, 1.54) is 0 Å². The smallest absolute Gasteiger partial charge is 0.280 e. The van der Waals surface area contributed by atoms with E-state index in [-0.39, 0.29) is 5.91 Å². The van der Waals surface area contributed by atoms with Crippen LogP contribution in [0.5, 0.6) is 11.5 Å². The summed E-state index contributed by atoms with van der Waals surface area (Å²) >= 11 is 1.62. The molecule has 0 spiro atoms. The number of hydrogen-bond acceptors (Lipinski definition) is 6. The number of thioether (sulfide) groups is 1. The third kappa shape index (κ3) is 5.94. The Hall–Kier alpha value is -3.84. The van der Waals surface area contributed by atoms with Gasteiger partial charge in [0.1, 0.15) is 11.5 Å². The zero-order chi connectivity index (χ0) is 23.8. The fraction of sp³-hybridized carbons (Fsp3) is 0.148. The highest BCUT2D eigenvalue weighted by atomic mass is 32.2. The number of hydrogen-bond donors (Lipinski definition) is 1. The number of methoxy groups -OCH3 is 1. The molecule has 0 saturated heterocycles. The molecule has 0 radical (unpaired) electrons. The summed E-state index contributed by atoms with van der Waals surface area (Å²) in [7, 11) is 1.65. The molecule has 4 aromatic rings. The van der Waals surface area contributed by atoms with Gasteiger partial charge in [-0.15, -0.1) is 11.8 Å². The van der Waals surface area contributed by atoms with Gasteiger partial charge in [-0.25, -0.2) is 10.4 Å². The van der Waals surface area contributed by atoms with Crippen molar-refractivity contribution >= 4 is 34.7 Å². The normalized spacial score (nSPS) is 11.9. The van der Waals surface area contributed by atoms with E-state index >= 15 is 0 Å². The number of fused-ring (bicyclic) bond motifs is 1. The minimum absolute atomic E-state index is 0.330. The summed E-state index contributed by atoms with van der Waals surface area (Å²) in [6, 6.07) is 25.3. The molecule has 172 valence electrons. The van der Waals surface area contributed by atoms with Crippen molar-refractivity contribution in [3.05, 3.63) is 96.2 Å². The Morgan fingerprint density at radius 2 is 1.88 bits per heavy atom. The summed E-state index contributed by atoms with van der Waals surface area (Å²) in [5, 5.41) is 7.08. The number of nitrogens with zero attached hydrogens (tertiary/aromatic N) is 2. The lowest BCUT2D eigenvalue weighted by atomic mass is 10.1. The van der Waals surface area contributed by atoms with Crippen molar-refractivity contribution in [3.63, 3.8) is 0 Å². The summed E-state index contributed by atoms with van der Waals surface area (Å²) in [4.78, 5) is 16.9. The van der Waals surface area contributed by atoms with Gasteiger partial charge in [-0.3, -0.25) is 4.79 Å². The Morgan fingerprint density at radius 1 is 1.06 bits per heavy atom. The van der Waals surface area contributed by atoms with Gasteiger partial charge in [-0.1, -0.05) is 42.5 Å². The van der Waals surface area contributed by atoms with Gasteiger partial charge in [0.05, 0.1) is 18.4 Å². The minimum atomic E-state index is -0.704. The standard InChI is InChI=1S/C27H25N3O3S/c1-19(33-25-11-7-9-21-8-3-4-10-23(21)25)27(31)30-29-17-20-13-14-24(32-2)22(16-20)18-34-26-12-5-6-15-28-26/h3-17,19H,18H2,1-2H3,(H,30,31)/b29-17-/t19-/m1/s1. The first-order valence-corrected chi connectivity index (χ1v) is 11.8. The van der Waals surface area contributed by atoms with Crippen LogP contribution in [-0.4, -0.2) is 30.3 Å². The monoisotopic (exact) mass is 471 g/mol. The lowest BCUT2D eigenvalue weighted by molar-refractivity contribution is -0.127. The fourth-order valence-electron chi connectivity index (χ4n) is 3.38. The van der Waals surface area contributed by atoms with Crippen molar-refractivity contribution in [3.8, 4) is 11.5 Å². The molecule has 0 aliphatic rings. The van der Waals surface area contributed by atoms with Gasteiger partial charge in [0, 0.05) is 22.9 Å². The average Bonchev–Trinajstić information content (AvgIpc) is 2.88. The first kappa shape index (κ1) is 23.3. The van der Waals surface area contributed by atoms with Crippen molar-refractivity contribution in [2.75, 3.05) is 7.11 Å². The third-order valence-corrected chi connectivity index (χ3v) is 6.12. The molecule has 1 N–H and O–H groups in total. The van der Waals surface area contributed by atoms with E-state index in [0.29, 0.717) is 11.5 Å². The van der Waals surface area contributed by atoms with Crippen LogP contribution in [0.2, 0.25) is 0 Å². The van der Waals surface area contributed by atoms with Gasteiger partial charge in [-0.2, -0.15) is 5.10 Å². The molecule has 0 bridgehead atoms. The Labute approximate surface area is 203 Å². The number of benzene rings is 3. The molecule has 3 aromatic carbocycles. The van der Waals surface area contributed by atoms with Crippen LogP contribution in [-0.2, 0) is 10.5 Å². The first-order valence-electron chi connectivity index (χ1n) is 10.8. The molecule has 1 amide bonds. The molecule has 4 rings (SSSR count). The van der Waals surface area contributed by atoms with E-state index in [1.807, 2.05) is 78.9 Å². The number of pyridine rings is 1. The number of carbonyl (C=O) groups is 1. The lowest BCUT2D eigenvalue weighted by Gasteiger charge is -2.14. The van der Waals surface area contributed by atoms with Crippen molar-refractivity contribution in [1.29, 1.82) is 0 Å². The van der Waals surface area contributed by atoms with E-state index in [0.717, 1.165) is 32.7 Å². The maximum atomic E-state index is 12.5. The largest absolute Gasteiger partial charge is 0.496 e. The molecule has 0 aliphatic heterocycles. The van der Waals surface area contributed by atoms with Gasteiger partial charge in [0.25, 0.3) is 5.91 Å². The summed E-state index contributed by atoms with van der Waals surface area (Å²) in [5.74, 6) is 1.82. The predicted molar refractivity (Wildman–Crippen MR) is 137 cm³/mol. The summed E-state index contributed by atoms with van der Waals surface area (Å²) < 4.78 is 11.4. The number of nitrogens with one attached hydrogen (secondary N) is 1. The number of rotatable bonds is 9. The van der Waals surface area contributed by atoms with Crippen molar-refractivity contribution in [2.24, 2.45) is 5.10 Å². The average molecular weight is 472 g/mol. The zero-order valence-electron chi connectivity index (χ0n) is 19.0. The van der Waals surface area contributed by atoms with Crippen LogP contribution >= 0.6 is 11.8 Å². The maximum absolute atomic E-state index is 12.5. The first-order chi connectivity index (χ1) is 16.6. The van der Waals surface area contributed by atoms with Gasteiger partial charge in [-0.05, 0) is 54.3 Å². The number of aromatic nitrogens is 1. The minimum Gasteiger partial charge on any atom is -0.496 e. The zero-order valence-corrected chi connectivity index (χ0v) is 19.8. The molecule has 0 saturated carbocycles. The Bertz CT molecular complexity index is 1290. The Morgan fingerprint density at radius 3 is 2.71 bits per heavy atom. The number of carbonyl (C=O) groups excluding carboxylic acids is 1. The van der Waals surface area contributed by atoms with E-state index in [4.69, 9.17) is 9.47 Å². The summed E-state index contributed by atoms with van der Waals surface area (Å²) in [5.41, 5.74) is 4.43. The molecular formula is C27H25N3O3S. The molecule has 0 fully saturated rings. The molecule has 0 aliphatic carbocycles. The Balaban J connectivity index is 1.37. The number of hydrazone groups is 1. The van der Waals surface area contributed by atoms with Crippen LogP contribution in [0.25, 0.3) is 10.8 Å². The van der Waals surface area contributed by atoms with Crippen LogP contribution in [0.1, 0.15) is 18.1 Å². The second-order valence-electron chi connectivity index (χ2n) is 7.50. The van der Waals surface area contributed by atoms with Crippen LogP contribution in [0.15, 0.2) is 95.2 Å². The van der Waals surface area contributed by atoms with Crippen LogP contribution in [0.3, 0.4) is 0 Å². The van der Waals surface area contributed by atoms with E-state index in [2.05, 4.69) is 15.5 Å². The van der Waals surface area contributed by atoms with Crippen LogP contribution in [0.4, 0.5) is 0 Å². The molecular weight excluding hydrogens is 446 g/mol. The molecule has 7 heteroatoms. The molecule has 6 nitrogen and oxygen atoms in total. The number of amides is 1. The second-order valence-corrected chi connectivity index (χ2v) is 8.50. The van der Waals surface area contributed by atoms with E-state index in [1.54, 1.807) is 38.2 Å². The quantitative estimate of drug-likeness (QED) is 0.200. The Kier molecular flexibility index (Phi) is 7.78. The highest BCUT2D eigenvalue weighted by Gasteiger charge is 2.15. The highest BCUT2D eigenvalue weighted by molar-refractivity contribution is 7.98. The summed E-state index contributed by atoms with van der Waals surface area (Å²) in [6.45, 7) is 1.70.